The highest BCUT2D eigenvalue weighted by Gasteiger charge is 2.13. The molecule has 0 radical (unpaired) electrons. The summed E-state index contributed by atoms with van der Waals surface area (Å²) in [6, 6.07) is 8.45. The van der Waals surface area contributed by atoms with Gasteiger partial charge < -0.3 is 15.5 Å². The first-order valence-electron chi connectivity index (χ1n) is 8.10. The molecule has 1 fully saturated rings. The standard InChI is InChI=1S/C17H24N6/c1-17(2,3)21-16-20-15(12-18-22-16)19-13-6-8-14(9-7-13)23-10-4-5-11-23/h6-9,12H,4-5,10-11H2,1-3H3,(H2,19,20,21,22). The molecule has 0 atom stereocenters. The van der Waals surface area contributed by atoms with Crippen molar-refractivity contribution in [1.29, 1.82) is 0 Å². The van der Waals surface area contributed by atoms with Gasteiger partial charge in [0, 0.05) is 30.0 Å². The monoisotopic (exact) mass is 312 g/mol. The molecule has 1 aliphatic heterocycles. The lowest BCUT2D eigenvalue weighted by atomic mass is 10.1. The molecule has 0 bridgehead atoms. The van der Waals surface area contributed by atoms with Crippen molar-refractivity contribution < 1.29 is 0 Å². The highest BCUT2D eigenvalue weighted by Crippen LogP contribution is 2.23. The molecule has 3 rings (SSSR count). The molecule has 2 aromatic rings. The van der Waals surface area contributed by atoms with Crippen LogP contribution in [0.2, 0.25) is 0 Å². The quantitative estimate of drug-likeness (QED) is 0.901. The molecule has 1 aromatic heterocycles. The summed E-state index contributed by atoms with van der Waals surface area (Å²) in [6.07, 6.45) is 4.20. The molecule has 1 aliphatic rings. The lowest BCUT2D eigenvalue weighted by Crippen LogP contribution is -2.27. The Kier molecular flexibility index (Phi) is 4.32. The van der Waals surface area contributed by atoms with Crippen molar-refractivity contribution in [2.24, 2.45) is 0 Å². The van der Waals surface area contributed by atoms with E-state index in [1.807, 2.05) is 0 Å². The molecule has 0 amide bonds. The first kappa shape index (κ1) is 15.5. The van der Waals surface area contributed by atoms with Gasteiger partial charge in [0.05, 0.1) is 6.20 Å². The van der Waals surface area contributed by atoms with Gasteiger partial charge in [-0.2, -0.15) is 10.1 Å². The lowest BCUT2D eigenvalue weighted by Gasteiger charge is -2.20. The fraction of sp³-hybridized carbons (Fsp3) is 0.471. The van der Waals surface area contributed by atoms with Gasteiger partial charge in [-0.1, -0.05) is 0 Å². The van der Waals surface area contributed by atoms with E-state index < -0.39 is 0 Å². The van der Waals surface area contributed by atoms with E-state index in [-0.39, 0.29) is 5.54 Å². The molecule has 23 heavy (non-hydrogen) atoms. The second-order valence-corrected chi connectivity index (χ2v) is 6.91. The molecule has 1 aromatic carbocycles. The fourth-order valence-corrected chi connectivity index (χ4v) is 2.63. The van der Waals surface area contributed by atoms with Crippen LogP contribution in [0.25, 0.3) is 0 Å². The van der Waals surface area contributed by atoms with Crippen LogP contribution in [0.15, 0.2) is 30.5 Å². The van der Waals surface area contributed by atoms with Gasteiger partial charge in [0.25, 0.3) is 0 Å². The van der Waals surface area contributed by atoms with Gasteiger partial charge in [0.15, 0.2) is 5.82 Å². The molecular weight excluding hydrogens is 288 g/mol. The maximum absolute atomic E-state index is 4.45. The zero-order valence-electron chi connectivity index (χ0n) is 14.0. The second kappa shape index (κ2) is 6.40. The van der Waals surface area contributed by atoms with E-state index in [0.29, 0.717) is 11.8 Å². The Balaban J connectivity index is 1.68. The Hall–Kier alpha value is -2.37. The maximum Gasteiger partial charge on any atom is 0.245 e. The summed E-state index contributed by atoms with van der Waals surface area (Å²) in [6.45, 7) is 8.50. The molecule has 122 valence electrons. The van der Waals surface area contributed by atoms with Crippen LogP contribution in [-0.2, 0) is 0 Å². The summed E-state index contributed by atoms with van der Waals surface area (Å²) in [4.78, 5) is 6.87. The van der Waals surface area contributed by atoms with Crippen LogP contribution in [0.4, 0.5) is 23.1 Å². The Bertz CT molecular complexity index is 641. The predicted molar refractivity (Wildman–Crippen MR) is 94.4 cm³/mol. The Morgan fingerprint density at radius 2 is 1.74 bits per heavy atom. The third kappa shape index (κ3) is 4.31. The number of aromatic nitrogens is 3. The van der Waals surface area contributed by atoms with E-state index in [2.05, 4.69) is 75.8 Å². The summed E-state index contributed by atoms with van der Waals surface area (Å²) in [5.41, 5.74) is 2.18. The van der Waals surface area contributed by atoms with Crippen molar-refractivity contribution in [3.05, 3.63) is 30.5 Å². The highest BCUT2D eigenvalue weighted by molar-refractivity contribution is 5.61. The van der Waals surface area contributed by atoms with Crippen LogP contribution >= 0.6 is 0 Å². The molecule has 2 N–H and O–H groups in total. The van der Waals surface area contributed by atoms with Gasteiger partial charge in [-0.3, -0.25) is 0 Å². The zero-order chi connectivity index (χ0) is 16.3. The van der Waals surface area contributed by atoms with Crippen LogP contribution in [0, 0.1) is 0 Å². The Morgan fingerprint density at radius 1 is 1.04 bits per heavy atom. The second-order valence-electron chi connectivity index (χ2n) is 6.91. The molecule has 0 spiro atoms. The van der Waals surface area contributed by atoms with E-state index in [9.17, 15) is 0 Å². The summed E-state index contributed by atoms with van der Waals surface area (Å²) in [5, 5.41) is 14.5. The van der Waals surface area contributed by atoms with Crippen molar-refractivity contribution in [3.63, 3.8) is 0 Å². The SMILES string of the molecule is CC(C)(C)Nc1nncc(Nc2ccc(N3CCCC3)cc2)n1. The van der Waals surface area contributed by atoms with Gasteiger partial charge in [-0.15, -0.1) is 5.10 Å². The minimum absolute atomic E-state index is 0.0995. The predicted octanol–water partition coefficient (Wildman–Crippen LogP) is 3.43. The van der Waals surface area contributed by atoms with Crippen LogP contribution in [0.1, 0.15) is 33.6 Å². The number of nitrogens with zero attached hydrogens (tertiary/aromatic N) is 4. The first-order chi connectivity index (χ1) is 11.0. The third-order valence-corrected chi connectivity index (χ3v) is 3.66. The van der Waals surface area contributed by atoms with Crippen molar-refractivity contribution in [1.82, 2.24) is 15.2 Å². The molecule has 0 saturated carbocycles. The number of benzene rings is 1. The molecule has 6 nitrogen and oxygen atoms in total. The van der Waals surface area contributed by atoms with E-state index in [1.165, 1.54) is 18.5 Å². The topological polar surface area (TPSA) is 66.0 Å². The molecule has 0 unspecified atom stereocenters. The minimum Gasteiger partial charge on any atom is -0.372 e. The number of hydrogen-bond acceptors (Lipinski definition) is 6. The number of anilines is 4. The van der Waals surface area contributed by atoms with Gasteiger partial charge in [0.1, 0.15) is 0 Å². The van der Waals surface area contributed by atoms with Gasteiger partial charge >= 0.3 is 0 Å². The smallest absolute Gasteiger partial charge is 0.245 e. The molecule has 1 saturated heterocycles. The molecular formula is C17H24N6. The van der Waals surface area contributed by atoms with Gasteiger partial charge in [-0.25, -0.2) is 0 Å². The minimum atomic E-state index is -0.0995. The first-order valence-corrected chi connectivity index (χ1v) is 8.10. The van der Waals surface area contributed by atoms with Crippen molar-refractivity contribution in [2.45, 2.75) is 39.2 Å². The van der Waals surface area contributed by atoms with E-state index in [0.717, 1.165) is 18.8 Å². The van der Waals surface area contributed by atoms with Gasteiger partial charge in [0.2, 0.25) is 5.95 Å². The normalized spacial score (nSPS) is 14.8. The highest BCUT2D eigenvalue weighted by atomic mass is 15.3. The summed E-state index contributed by atoms with van der Waals surface area (Å²) in [7, 11) is 0. The molecule has 2 heterocycles. The molecule has 0 aliphatic carbocycles. The average Bonchev–Trinajstić information content (AvgIpc) is 3.01. The summed E-state index contributed by atoms with van der Waals surface area (Å²) in [5.74, 6) is 1.21. The number of hydrogen-bond donors (Lipinski definition) is 2. The summed E-state index contributed by atoms with van der Waals surface area (Å²) < 4.78 is 0. The van der Waals surface area contributed by atoms with E-state index >= 15 is 0 Å². The van der Waals surface area contributed by atoms with Crippen molar-refractivity contribution in [2.75, 3.05) is 28.6 Å². The van der Waals surface area contributed by atoms with Gasteiger partial charge in [-0.05, 0) is 57.9 Å². The average molecular weight is 312 g/mol. The van der Waals surface area contributed by atoms with Crippen LogP contribution in [0.3, 0.4) is 0 Å². The fourth-order valence-electron chi connectivity index (χ4n) is 2.63. The van der Waals surface area contributed by atoms with Crippen molar-refractivity contribution in [3.8, 4) is 0 Å². The molecule has 6 heteroatoms. The van der Waals surface area contributed by atoms with E-state index in [4.69, 9.17) is 0 Å². The van der Waals surface area contributed by atoms with Crippen LogP contribution < -0.4 is 15.5 Å². The Morgan fingerprint density at radius 3 is 2.39 bits per heavy atom. The van der Waals surface area contributed by atoms with E-state index in [1.54, 1.807) is 6.20 Å². The zero-order valence-corrected chi connectivity index (χ0v) is 14.0. The summed E-state index contributed by atoms with van der Waals surface area (Å²) >= 11 is 0. The van der Waals surface area contributed by atoms with Crippen molar-refractivity contribution >= 4 is 23.1 Å². The van der Waals surface area contributed by atoms with Crippen LogP contribution in [-0.4, -0.2) is 33.8 Å². The largest absolute Gasteiger partial charge is 0.372 e. The van der Waals surface area contributed by atoms with Crippen LogP contribution in [0.5, 0.6) is 0 Å². The number of nitrogens with one attached hydrogen (secondary N) is 2. The third-order valence-electron chi connectivity index (χ3n) is 3.66. The maximum atomic E-state index is 4.45. The number of rotatable bonds is 4. The Labute approximate surface area is 137 Å². The lowest BCUT2D eigenvalue weighted by molar-refractivity contribution is 0.623.